The van der Waals surface area contributed by atoms with E-state index >= 15 is 0 Å². The summed E-state index contributed by atoms with van der Waals surface area (Å²) in [6, 6.07) is 16.7. The van der Waals surface area contributed by atoms with Gasteiger partial charge in [-0.05, 0) is 37.6 Å². The Bertz CT molecular complexity index is 931. The number of aliphatic hydroxyl groups excluding tert-OH is 1. The number of aliphatic hydroxyl groups is 1. The zero-order valence-corrected chi connectivity index (χ0v) is 16.5. The Morgan fingerprint density at radius 3 is 2.69 bits per heavy atom. The fourth-order valence-corrected chi connectivity index (χ4v) is 4.28. The maximum atomic E-state index is 14.4. The highest BCUT2D eigenvalue weighted by Gasteiger charge is 2.40. The number of likely N-dealkylation sites (tertiary alicyclic amines) is 1. The Morgan fingerprint density at radius 1 is 1.17 bits per heavy atom. The average molecular weight is 395 g/mol. The SMILES string of the molecule is CN1[C@@H](CO)C[C@@H](CNCc2coc(-c3ccccc3)n2)[C@H]1c1ccccc1F. The molecule has 0 radical (unpaired) electrons. The van der Waals surface area contributed by atoms with Gasteiger partial charge in [0.05, 0.1) is 12.3 Å². The molecule has 0 spiro atoms. The highest BCUT2D eigenvalue weighted by molar-refractivity contribution is 5.52. The van der Waals surface area contributed by atoms with Gasteiger partial charge in [-0.15, -0.1) is 0 Å². The number of halogens is 1. The van der Waals surface area contributed by atoms with E-state index in [0.29, 0.717) is 24.5 Å². The number of rotatable bonds is 7. The third-order valence-electron chi connectivity index (χ3n) is 5.76. The van der Waals surface area contributed by atoms with Crippen molar-refractivity contribution >= 4 is 0 Å². The molecule has 1 saturated heterocycles. The number of benzene rings is 2. The van der Waals surface area contributed by atoms with E-state index in [4.69, 9.17) is 4.42 Å². The molecule has 1 aliphatic rings. The summed E-state index contributed by atoms with van der Waals surface area (Å²) >= 11 is 0. The van der Waals surface area contributed by atoms with Crippen LogP contribution in [-0.2, 0) is 6.54 Å². The lowest BCUT2D eigenvalue weighted by Gasteiger charge is -2.28. The number of oxazole rings is 1. The maximum absolute atomic E-state index is 14.4. The van der Waals surface area contributed by atoms with E-state index in [1.165, 1.54) is 6.07 Å². The van der Waals surface area contributed by atoms with E-state index in [1.54, 1.807) is 12.3 Å². The first-order valence-corrected chi connectivity index (χ1v) is 9.95. The smallest absolute Gasteiger partial charge is 0.226 e. The Hall–Kier alpha value is -2.54. The molecule has 5 nitrogen and oxygen atoms in total. The molecule has 2 heterocycles. The van der Waals surface area contributed by atoms with E-state index < -0.39 is 0 Å². The van der Waals surface area contributed by atoms with E-state index in [9.17, 15) is 9.50 Å². The second-order valence-corrected chi connectivity index (χ2v) is 7.60. The molecule has 1 aliphatic heterocycles. The van der Waals surface area contributed by atoms with Gasteiger partial charge in [0.25, 0.3) is 0 Å². The molecule has 0 aliphatic carbocycles. The third kappa shape index (κ3) is 4.24. The maximum Gasteiger partial charge on any atom is 0.226 e. The van der Waals surface area contributed by atoms with Crippen LogP contribution in [0.3, 0.4) is 0 Å². The molecule has 29 heavy (non-hydrogen) atoms. The highest BCUT2D eigenvalue weighted by atomic mass is 19.1. The van der Waals surface area contributed by atoms with Crippen LogP contribution in [0.4, 0.5) is 4.39 Å². The van der Waals surface area contributed by atoms with Crippen LogP contribution in [0.15, 0.2) is 65.3 Å². The van der Waals surface area contributed by atoms with Gasteiger partial charge in [0.1, 0.15) is 12.1 Å². The molecule has 0 saturated carbocycles. The fourth-order valence-electron chi connectivity index (χ4n) is 4.28. The molecule has 0 unspecified atom stereocenters. The minimum atomic E-state index is -0.197. The Morgan fingerprint density at radius 2 is 1.93 bits per heavy atom. The molecule has 1 fully saturated rings. The molecule has 3 aromatic rings. The summed E-state index contributed by atoms with van der Waals surface area (Å²) in [6.45, 7) is 1.35. The lowest BCUT2D eigenvalue weighted by atomic mass is 9.92. The van der Waals surface area contributed by atoms with Crippen molar-refractivity contribution in [1.82, 2.24) is 15.2 Å². The first-order chi connectivity index (χ1) is 14.2. The summed E-state index contributed by atoms with van der Waals surface area (Å²) in [7, 11) is 1.96. The predicted molar refractivity (Wildman–Crippen MR) is 110 cm³/mol. The van der Waals surface area contributed by atoms with Crippen molar-refractivity contribution in [1.29, 1.82) is 0 Å². The molecule has 6 heteroatoms. The first kappa shape index (κ1) is 19.8. The lowest BCUT2D eigenvalue weighted by molar-refractivity contribution is 0.151. The van der Waals surface area contributed by atoms with Gasteiger partial charge in [-0.25, -0.2) is 9.37 Å². The van der Waals surface area contributed by atoms with Crippen molar-refractivity contribution < 1.29 is 13.9 Å². The van der Waals surface area contributed by atoms with Gasteiger partial charge in [0.15, 0.2) is 0 Å². The monoisotopic (exact) mass is 395 g/mol. The van der Waals surface area contributed by atoms with Crippen LogP contribution >= 0.6 is 0 Å². The molecule has 2 aromatic carbocycles. The lowest BCUT2D eigenvalue weighted by Crippen LogP contribution is -2.32. The van der Waals surface area contributed by atoms with Crippen molar-refractivity contribution in [2.24, 2.45) is 5.92 Å². The van der Waals surface area contributed by atoms with E-state index in [2.05, 4.69) is 15.2 Å². The van der Waals surface area contributed by atoms with Crippen LogP contribution in [0.2, 0.25) is 0 Å². The molecule has 152 valence electrons. The van der Waals surface area contributed by atoms with Crippen molar-refractivity contribution in [2.45, 2.75) is 25.0 Å². The molecule has 1 aromatic heterocycles. The summed E-state index contributed by atoms with van der Waals surface area (Å²) in [4.78, 5) is 6.63. The van der Waals surface area contributed by atoms with Crippen molar-refractivity contribution in [3.63, 3.8) is 0 Å². The summed E-state index contributed by atoms with van der Waals surface area (Å²) < 4.78 is 20.0. The van der Waals surface area contributed by atoms with Gasteiger partial charge in [0.2, 0.25) is 5.89 Å². The van der Waals surface area contributed by atoms with Crippen LogP contribution < -0.4 is 5.32 Å². The zero-order valence-electron chi connectivity index (χ0n) is 16.5. The second-order valence-electron chi connectivity index (χ2n) is 7.60. The van der Waals surface area contributed by atoms with Gasteiger partial charge >= 0.3 is 0 Å². The molecule has 0 bridgehead atoms. The quantitative estimate of drug-likeness (QED) is 0.640. The van der Waals surface area contributed by atoms with Crippen molar-refractivity contribution in [3.05, 3.63) is 77.9 Å². The highest BCUT2D eigenvalue weighted by Crippen LogP contribution is 2.40. The second kappa shape index (κ2) is 8.86. The summed E-state index contributed by atoms with van der Waals surface area (Å²) in [5.41, 5.74) is 2.46. The number of hydrogen-bond acceptors (Lipinski definition) is 5. The Labute approximate surface area is 170 Å². The van der Waals surface area contributed by atoms with E-state index in [0.717, 1.165) is 17.7 Å². The number of aromatic nitrogens is 1. The van der Waals surface area contributed by atoms with Gasteiger partial charge in [-0.3, -0.25) is 4.90 Å². The van der Waals surface area contributed by atoms with Crippen LogP contribution in [-0.4, -0.2) is 41.2 Å². The van der Waals surface area contributed by atoms with E-state index in [1.807, 2.05) is 49.5 Å². The minimum Gasteiger partial charge on any atom is -0.444 e. The third-order valence-corrected chi connectivity index (χ3v) is 5.76. The molecule has 0 amide bonds. The Kier molecular flexibility index (Phi) is 6.04. The minimum absolute atomic E-state index is 0.0307. The average Bonchev–Trinajstić information content (AvgIpc) is 3.34. The topological polar surface area (TPSA) is 61.5 Å². The van der Waals surface area contributed by atoms with Gasteiger partial charge in [-0.1, -0.05) is 36.4 Å². The molecule has 4 rings (SSSR count). The standard InChI is InChI=1S/C23H26FN3O2/c1-27-19(14-28)11-17(22(27)20-9-5-6-10-21(20)24)12-25-13-18-15-29-23(26-18)16-7-3-2-4-8-16/h2-10,15,17,19,22,25,28H,11-14H2,1H3/t17-,19+,22-/m0/s1. The predicted octanol–water partition coefficient (Wildman–Crippen LogP) is 3.62. The number of nitrogens with zero attached hydrogens (tertiary/aromatic N) is 2. The number of hydrogen-bond donors (Lipinski definition) is 2. The molecule has 3 atom stereocenters. The van der Waals surface area contributed by atoms with Crippen LogP contribution in [0.1, 0.15) is 23.7 Å². The van der Waals surface area contributed by atoms with Crippen LogP contribution in [0.25, 0.3) is 11.5 Å². The zero-order chi connectivity index (χ0) is 20.2. The first-order valence-electron chi connectivity index (χ1n) is 9.95. The van der Waals surface area contributed by atoms with Crippen LogP contribution in [0, 0.1) is 11.7 Å². The van der Waals surface area contributed by atoms with Gasteiger partial charge < -0.3 is 14.8 Å². The summed E-state index contributed by atoms with van der Waals surface area (Å²) in [5.74, 6) is 0.596. The largest absolute Gasteiger partial charge is 0.444 e. The van der Waals surface area contributed by atoms with E-state index in [-0.39, 0.29) is 30.4 Å². The van der Waals surface area contributed by atoms with Crippen LogP contribution in [0.5, 0.6) is 0 Å². The molecule has 2 N–H and O–H groups in total. The normalized spacial score (nSPS) is 22.2. The molecular formula is C23H26FN3O2. The summed E-state index contributed by atoms with van der Waals surface area (Å²) in [5, 5.41) is 13.2. The van der Waals surface area contributed by atoms with Gasteiger partial charge in [-0.2, -0.15) is 0 Å². The van der Waals surface area contributed by atoms with Crippen molar-refractivity contribution in [3.8, 4) is 11.5 Å². The number of nitrogens with one attached hydrogen (secondary N) is 1. The summed E-state index contributed by atoms with van der Waals surface area (Å²) in [6.07, 6.45) is 2.48. The van der Waals surface area contributed by atoms with Gasteiger partial charge in [0, 0.05) is 36.3 Å². The Balaban J connectivity index is 1.42. The molecular weight excluding hydrogens is 369 g/mol. The fraction of sp³-hybridized carbons (Fsp3) is 0.348. The number of likely N-dealkylation sites (N-methyl/N-ethyl adjacent to an activating group) is 1. The van der Waals surface area contributed by atoms with Crippen molar-refractivity contribution in [2.75, 3.05) is 20.2 Å².